The molecule has 0 aromatic carbocycles. The van der Waals surface area contributed by atoms with Crippen molar-refractivity contribution in [1.82, 2.24) is 0 Å². The highest BCUT2D eigenvalue weighted by Gasteiger charge is 2.51. The van der Waals surface area contributed by atoms with Gasteiger partial charge in [-0.25, -0.2) is 9.13 Å². The molecule has 21 heteroatoms. The Morgan fingerprint density at radius 1 is 0.744 bits per heavy atom. The van der Waals surface area contributed by atoms with Gasteiger partial charge in [-0.3, -0.25) is 18.6 Å². The van der Waals surface area contributed by atoms with E-state index in [-0.39, 0.29) is 11.1 Å². The number of pyridine rings is 2. The van der Waals surface area contributed by atoms with E-state index in [4.69, 9.17) is 20.9 Å². The van der Waals surface area contributed by atoms with Crippen LogP contribution in [0.3, 0.4) is 0 Å². The van der Waals surface area contributed by atoms with Crippen LogP contribution in [-0.2, 0) is 32.0 Å². The Morgan fingerprint density at radius 2 is 1.12 bits per heavy atom. The average Bonchev–Trinajstić information content (AvgIpc) is 3.40. The second kappa shape index (κ2) is 13.1. The normalized spacial score (nSPS) is 31.8. The maximum atomic E-state index is 12.4. The number of aliphatic hydroxyl groups excluding tert-OH is 4. The van der Waals surface area contributed by atoms with Gasteiger partial charge in [-0.15, -0.1) is 0 Å². The number of nitrogens with two attached hydrogens (primary N) is 2. The van der Waals surface area contributed by atoms with Gasteiger partial charge in [0.15, 0.2) is 37.0 Å². The lowest BCUT2D eigenvalue weighted by molar-refractivity contribution is -0.766. The highest BCUT2D eigenvalue weighted by molar-refractivity contribution is 7.61. The maximum absolute atomic E-state index is 12.4. The standard InChI is InChI=1S/C22H28N4O15P2/c23-19(31)11-3-1-5-25(7-11)21-17(29)15(27)13(39-21)9-37-42(33,34)41-43(35,36)38-10-14-16(28)18(30)22(40-14)26-6-2-4-12(8-26)20(24)32/h1-8,13-18,21-22,27-30H,9-10H2,(H4-2,23,24,31,32,33,34,35,36)/p+2/t13-,14-,15-,16-,17-,18-,21?,22?/m1/s1. The summed E-state index contributed by atoms with van der Waals surface area (Å²) >= 11 is 0. The van der Waals surface area contributed by atoms with Crippen molar-refractivity contribution in [3.8, 4) is 0 Å². The Bertz CT molecular complexity index is 1340. The van der Waals surface area contributed by atoms with Crippen molar-refractivity contribution in [3.63, 3.8) is 0 Å². The molecule has 0 spiro atoms. The molecule has 2 aliphatic heterocycles. The zero-order valence-corrected chi connectivity index (χ0v) is 23.7. The lowest BCUT2D eigenvalue weighted by Crippen LogP contribution is -2.46. The first kappa shape index (κ1) is 33.2. The number of nitrogens with zero attached hydrogens (tertiary/aromatic N) is 2. The predicted molar refractivity (Wildman–Crippen MR) is 135 cm³/mol. The van der Waals surface area contributed by atoms with Gasteiger partial charge in [0.1, 0.15) is 35.5 Å². The Labute approximate surface area is 242 Å². The Morgan fingerprint density at radius 3 is 1.47 bits per heavy atom. The van der Waals surface area contributed by atoms with Crippen LogP contribution >= 0.6 is 15.6 Å². The van der Waals surface area contributed by atoms with Crippen molar-refractivity contribution < 1.29 is 80.9 Å². The highest BCUT2D eigenvalue weighted by atomic mass is 31.3. The minimum Gasteiger partial charge on any atom is -0.387 e. The molecule has 4 unspecified atom stereocenters. The number of amides is 2. The van der Waals surface area contributed by atoms with E-state index in [2.05, 4.69) is 13.4 Å². The minimum atomic E-state index is -5.37. The molecule has 10 atom stereocenters. The van der Waals surface area contributed by atoms with Gasteiger partial charge in [0.25, 0.3) is 24.3 Å². The molecule has 2 amide bonds. The van der Waals surface area contributed by atoms with Crippen molar-refractivity contribution in [1.29, 1.82) is 0 Å². The van der Waals surface area contributed by atoms with E-state index in [1.807, 2.05) is 0 Å². The minimum absolute atomic E-state index is 0.0658. The summed E-state index contributed by atoms with van der Waals surface area (Å²) in [7, 11) is -10.7. The van der Waals surface area contributed by atoms with E-state index in [1.165, 1.54) is 58.2 Å². The van der Waals surface area contributed by atoms with Crippen molar-refractivity contribution in [2.75, 3.05) is 13.2 Å². The number of aromatic nitrogens is 2. The summed E-state index contributed by atoms with van der Waals surface area (Å²) in [6.45, 7) is -1.81. The molecule has 0 saturated carbocycles. The van der Waals surface area contributed by atoms with Gasteiger partial charge in [-0.05, 0) is 12.1 Å². The first-order chi connectivity index (χ1) is 20.1. The van der Waals surface area contributed by atoms with Crippen LogP contribution in [0.4, 0.5) is 0 Å². The molecule has 43 heavy (non-hydrogen) atoms. The largest absolute Gasteiger partial charge is 0.481 e. The number of aliphatic hydroxyl groups is 4. The van der Waals surface area contributed by atoms with Crippen molar-refractivity contribution in [2.45, 2.75) is 49.1 Å². The Balaban J connectivity index is 1.31. The highest BCUT2D eigenvalue weighted by Crippen LogP contribution is 2.60. The number of carbonyl (C=O) groups excluding carboxylic acids is 2. The molecule has 19 nitrogen and oxygen atoms in total. The molecule has 4 heterocycles. The van der Waals surface area contributed by atoms with Gasteiger partial charge in [0.2, 0.25) is 0 Å². The summed E-state index contributed by atoms with van der Waals surface area (Å²) in [6.07, 6.45) is -6.57. The van der Waals surface area contributed by atoms with Crippen LogP contribution in [0.5, 0.6) is 0 Å². The van der Waals surface area contributed by atoms with Crippen LogP contribution in [-0.4, -0.2) is 91.9 Å². The fourth-order valence-corrected chi connectivity index (χ4v) is 6.42. The summed E-state index contributed by atoms with van der Waals surface area (Å²) in [5.74, 6) is -1.54. The van der Waals surface area contributed by atoms with Gasteiger partial charge >= 0.3 is 15.6 Å². The van der Waals surface area contributed by atoms with Crippen molar-refractivity contribution in [3.05, 3.63) is 60.2 Å². The number of phosphoric acid groups is 2. The van der Waals surface area contributed by atoms with Crippen molar-refractivity contribution in [2.24, 2.45) is 11.5 Å². The third-order valence-electron chi connectivity index (χ3n) is 6.49. The molecule has 0 aliphatic carbocycles. The van der Waals surface area contributed by atoms with Crippen LogP contribution in [0.15, 0.2) is 49.1 Å². The molecule has 0 radical (unpaired) electrons. The molecule has 2 aromatic rings. The van der Waals surface area contributed by atoms with Crippen LogP contribution in [0, 0.1) is 0 Å². The molecule has 4 rings (SSSR count). The summed E-state index contributed by atoms with van der Waals surface area (Å²) in [6, 6.07) is 5.65. The second-order valence-electron chi connectivity index (χ2n) is 9.51. The van der Waals surface area contributed by atoms with E-state index >= 15 is 0 Å². The fraction of sp³-hybridized carbons (Fsp3) is 0.455. The number of rotatable bonds is 12. The van der Waals surface area contributed by atoms with Crippen LogP contribution in [0.25, 0.3) is 0 Å². The topological polar surface area (TPSA) is 296 Å². The first-order valence-corrected chi connectivity index (χ1v) is 15.4. The quantitative estimate of drug-likeness (QED) is 0.0821. The average molecular weight is 652 g/mol. The monoisotopic (exact) mass is 652 g/mol. The van der Waals surface area contributed by atoms with Gasteiger partial charge in [0.05, 0.1) is 13.2 Å². The van der Waals surface area contributed by atoms with E-state index in [0.29, 0.717) is 0 Å². The van der Waals surface area contributed by atoms with Crippen LogP contribution in [0.2, 0.25) is 0 Å². The number of hydrogen-bond donors (Lipinski definition) is 8. The molecule has 0 bridgehead atoms. The Kier molecular flexibility index (Phi) is 10.1. The number of primary amides is 2. The molecule has 10 N–H and O–H groups in total. The molecule has 2 aromatic heterocycles. The maximum Gasteiger partial charge on any atom is 0.481 e. The Hall–Kier alpha value is -2.74. The van der Waals surface area contributed by atoms with Gasteiger partial charge < -0.3 is 51.2 Å². The molecule has 236 valence electrons. The number of carbonyl (C=O) groups is 2. The van der Waals surface area contributed by atoms with Crippen LogP contribution < -0.4 is 20.6 Å². The third-order valence-corrected chi connectivity index (χ3v) is 9.09. The van der Waals surface area contributed by atoms with Crippen molar-refractivity contribution >= 4 is 27.5 Å². The zero-order chi connectivity index (χ0) is 31.7. The zero-order valence-electron chi connectivity index (χ0n) is 22.0. The predicted octanol–water partition coefficient (Wildman–Crippen LogP) is -3.35. The smallest absolute Gasteiger partial charge is 0.387 e. The van der Waals surface area contributed by atoms with Crippen LogP contribution in [0.1, 0.15) is 33.2 Å². The second-order valence-corrected chi connectivity index (χ2v) is 12.6. The molecule has 2 aliphatic rings. The third kappa shape index (κ3) is 7.86. The summed E-state index contributed by atoms with van der Waals surface area (Å²) in [4.78, 5) is 42.8. The number of phosphoric ester groups is 2. The lowest BCUT2D eigenvalue weighted by atomic mass is 10.1. The molecule has 2 saturated heterocycles. The van der Waals surface area contributed by atoms with Gasteiger partial charge in [0, 0.05) is 12.1 Å². The molecular weight excluding hydrogens is 622 g/mol. The summed E-state index contributed by atoms with van der Waals surface area (Å²) in [5, 5.41) is 41.3. The lowest BCUT2D eigenvalue weighted by Gasteiger charge is -2.20. The molecular formula is C22H30N4O15P2+2. The van der Waals surface area contributed by atoms with E-state index in [9.17, 15) is 48.9 Å². The van der Waals surface area contributed by atoms with Gasteiger partial charge in [-0.1, -0.05) is 0 Å². The first-order valence-electron chi connectivity index (χ1n) is 12.4. The molecule has 2 fully saturated rings. The number of hydrogen-bond acceptors (Lipinski definition) is 13. The van der Waals surface area contributed by atoms with E-state index in [0.717, 1.165) is 0 Å². The summed E-state index contributed by atoms with van der Waals surface area (Å²) < 4.78 is 51.7. The SMILES string of the molecule is NC(=O)c1ccc[n+](C2O[C@H](COP(=O)(O)OP(=O)(O)OC[C@H]3OC([n+]4cccc(C(N)=O)c4)[C@H](O)[C@@H]3O)[C@@H](O)[C@H]2O)c1. The van der Waals surface area contributed by atoms with E-state index in [1.54, 1.807) is 0 Å². The van der Waals surface area contributed by atoms with E-state index < -0.39 is 89.8 Å². The number of ether oxygens (including phenoxy) is 2. The fourth-order valence-electron chi connectivity index (χ4n) is 4.33. The summed E-state index contributed by atoms with van der Waals surface area (Å²) in [5.41, 5.74) is 10.6. The van der Waals surface area contributed by atoms with Gasteiger partial charge in [-0.2, -0.15) is 13.4 Å².